The molecule has 0 spiro atoms. The number of aliphatic hydroxyl groups is 1. The Kier molecular flexibility index (Phi) is 3.50. The van der Waals surface area contributed by atoms with Crippen LogP contribution in [0.25, 0.3) is 0 Å². The van der Waals surface area contributed by atoms with Crippen molar-refractivity contribution in [1.82, 2.24) is 4.90 Å². The maximum atomic E-state index is 12.6. The van der Waals surface area contributed by atoms with Crippen molar-refractivity contribution in [3.63, 3.8) is 0 Å². The first kappa shape index (κ1) is 13.2. The summed E-state index contributed by atoms with van der Waals surface area (Å²) in [5.74, 6) is 6.40. The third kappa shape index (κ3) is 2.32. The van der Waals surface area contributed by atoms with Crippen molar-refractivity contribution in [2.75, 3.05) is 13.2 Å². The van der Waals surface area contributed by atoms with E-state index in [-0.39, 0.29) is 12.5 Å². The summed E-state index contributed by atoms with van der Waals surface area (Å²) in [5.41, 5.74) is 2.57. The lowest BCUT2D eigenvalue weighted by Crippen LogP contribution is -2.37. The molecule has 2 aliphatic rings. The molecule has 2 bridgehead atoms. The summed E-state index contributed by atoms with van der Waals surface area (Å²) < 4.78 is 0. The molecule has 1 N–H and O–H groups in total. The van der Waals surface area contributed by atoms with E-state index in [2.05, 4.69) is 11.8 Å². The van der Waals surface area contributed by atoms with Crippen molar-refractivity contribution < 1.29 is 9.90 Å². The van der Waals surface area contributed by atoms with Crippen molar-refractivity contribution in [1.29, 1.82) is 0 Å². The molecule has 1 aliphatic carbocycles. The molecule has 3 rings (SSSR count). The molecule has 1 heterocycles. The minimum atomic E-state index is -0.159. The summed E-state index contributed by atoms with van der Waals surface area (Å²) in [6.45, 7) is 2.72. The van der Waals surface area contributed by atoms with E-state index in [1.807, 2.05) is 30.0 Å². The molecule has 1 aromatic rings. The topological polar surface area (TPSA) is 40.5 Å². The van der Waals surface area contributed by atoms with Gasteiger partial charge in [0, 0.05) is 23.7 Å². The fourth-order valence-corrected chi connectivity index (χ4v) is 3.36. The van der Waals surface area contributed by atoms with Crippen LogP contribution in [0.4, 0.5) is 0 Å². The predicted molar refractivity (Wildman–Crippen MR) is 77.3 cm³/mol. The monoisotopic (exact) mass is 269 g/mol. The fraction of sp³-hybridized carbons (Fsp3) is 0.471. The minimum Gasteiger partial charge on any atom is -0.384 e. The van der Waals surface area contributed by atoms with Crippen LogP contribution >= 0.6 is 0 Å². The van der Waals surface area contributed by atoms with Gasteiger partial charge in [-0.25, -0.2) is 0 Å². The molecule has 3 nitrogen and oxygen atoms in total. The van der Waals surface area contributed by atoms with Crippen LogP contribution in [-0.2, 0) is 0 Å². The summed E-state index contributed by atoms with van der Waals surface area (Å²) in [5, 5.41) is 8.79. The Morgan fingerprint density at radius 1 is 1.45 bits per heavy atom. The van der Waals surface area contributed by atoms with Gasteiger partial charge in [-0.2, -0.15) is 0 Å². The van der Waals surface area contributed by atoms with Crippen LogP contribution in [0.15, 0.2) is 18.2 Å². The highest BCUT2D eigenvalue weighted by Gasteiger charge is 2.40. The van der Waals surface area contributed by atoms with Crippen LogP contribution in [0.3, 0.4) is 0 Å². The molecular formula is C17H19NO2. The molecule has 3 heteroatoms. The van der Waals surface area contributed by atoms with Gasteiger partial charge in [-0.15, -0.1) is 0 Å². The summed E-state index contributed by atoms with van der Waals surface area (Å²) in [7, 11) is 0. The van der Waals surface area contributed by atoms with Gasteiger partial charge in [0.25, 0.3) is 5.91 Å². The molecule has 1 amide bonds. The Labute approximate surface area is 119 Å². The number of fused-ring (bicyclic) bond motifs is 2. The van der Waals surface area contributed by atoms with Gasteiger partial charge in [0.2, 0.25) is 0 Å². The number of aliphatic hydroxyl groups excluding tert-OH is 1. The van der Waals surface area contributed by atoms with Crippen molar-refractivity contribution in [3.05, 3.63) is 34.9 Å². The molecule has 1 aliphatic heterocycles. The Morgan fingerprint density at radius 2 is 2.30 bits per heavy atom. The number of carbonyl (C=O) groups is 1. The summed E-state index contributed by atoms with van der Waals surface area (Å²) in [4.78, 5) is 14.6. The molecule has 1 saturated heterocycles. The average Bonchev–Trinajstić information content (AvgIpc) is 3.08. The van der Waals surface area contributed by atoms with Crippen molar-refractivity contribution in [3.8, 4) is 11.8 Å². The number of benzene rings is 1. The zero-order valence-electron chi connectivity index (χ0n) is 11.7. The first-order valence-electron chi connectivity index (χ1n) is 7.20. The molecule has 1 aromatic carbocycles. The molecule has 104 valence electrons. The van der Waals surface area contributed by atoms with E-state index in [1.54, 1.807) is 0 Å². The molecular weight excluding hydrogens is 250 g/mol. The lowest BCUT2D eigenvalue weighted by molar-refractivity contribution is 0.0703. The highest BCUT2D eigenvalue weighted by Crippen LogP contribution is 2.38. The Hall–Kier alpha value is -1.79. The highest BCUT2D eigenvalue weighted by molar-refractivity contribution is 5.95. The van der Waals surface area contributed by atoms with Crippen LogP contribution in [0.5, 0.6) is 0 Å². The van der Waals surface area contributed by atoms with Crippen LogP contribution in [-0.4, -0.2) is 35.1 Å². The number of piperidine rings is 1. The standard InChI is InChI=1S/C17H19NO2/c1-12-4-6-15(10-14(12)3-2-8-19)17(20)18-11-13-5-7-16(18)9-13/h4,6,10,13,16,19H,5,7-9,11H2,1H3. The number of carbonyl (C=O) groups excluding carboxylic acids is 1. The van der Waals surface area contributed by atoms with E-state index in [9.17, 15) is 4.79 Å². The van der Waals surface area contributed by atoms with Crippen LogP contribution in [0.1, 0.15) is 40.7 Å². The van der Waals surface area contributed by atoms with Gasteiger partial charge < -0.3 is 10.0 Å². The lowest BCUT2D eigenvalue weighted by Gasteiger charge is -2.27. The smallest absolute Gasteiger partial charge is 0.254 e. The summed E-state index contributed by atoms with van der Waals surface area (Å²) >= 11 is 0. The number of amides is 1. The summed E-state index contributed by atoms with van der Waals surface area (Å²) in [6.07, 6.45) is 3.60. The maximum absolute atomic E-state index is 12.6. The molecule has 2 atom stereocenters. The minimum absolute atomic E-state index is 0.129. The highest BCUT2D eigenvalue weighted by atomic mass is 16.2. The van der Waals surface area contributed by atoms with Crippen LogP contribution in [0.2, 0.25) is 0 Å². The Bertz CT molecular complexity index is 597. The number of aryl methyl sites for hydroxylation is 1. The van der Waals surface area contributed by atoms with Crippen molar-refractivity contribution in [2.24, 2.45) is 5.92 Å². The molecule has 1 saturated carbocycles. The first-order chi connectivity index (χ1) is 9.69. The Balaban J connectivity index is 1.85. The largest absolute Gasteiger partial charge is 0.384 e. The van der Waals surface area contributed by atoms with Crippen LogP contribution in [0, 0.1) is 24.7 Å². The van der Waals surface area contributed by atoms with Gasteiger partial charge in [0.15, 0.2) is 0 Å². The van der Waals surface area contributed by atoms with E-state index in [0.717, 1.165) is 24.1 Å². The Morgan fingerprint density at radius 3 is 2.95 bits per heavy atom. The molecule has 0 radical (unpaired) electrons. The lowest BCUT2D eigenvalue weighted by atomic mass is 10.0. The van der Waals surface area contributed by atoms with E-state index < -0.39 is 0 Å². The van der Waals surface area contributed by atoms with Gasteiger partial charge in [-0.1, -0.05) is 17.9 Å². The van der Waals surface area contributed by atoms with Gasteiger partial charge in [-0.05, 0) is 49.8 Å². The number of likely N-dealkylation sites (tertiary alicyclic amines) is 1. The van der Waals surface area contributed by atoms with E-state index in [4.69, 9.17) is 5.11 Å². The van der Waals surface area contributed by atoms with E-state index >= 15 is 0 Å². The van der Waals surface area contributed by atoms with E-state index in [0.29, 0.717) is 17.5 Å². The fourth-order valence-electron chi connectivity index (χ4n) is 3.36. The van der Waals surface area contributed by atoms with E-state index in [1.165, 1.54) is 12.8 Å². The van der Waals surface area contributed by atoms with Crippen LogP contribution < -0.4 is 0 Å². The van der Waals surface area contributed by atoms with Crippen molar-refractivity contribution >= 4 is 5.91 Å². The zero-order valence-corrected chi connectivity index (χ0v) is 11.7. The third-order valence-corrected chi connectivity index (χ3v) is 4.46. The first-order valence-corrected chi connectivity index (χ1v) is 7.20. The molecule has 2 fully saturated rings. The zero-order chi connectivity index (χ0) is 14.1. The van der Waals surface area contributed by atoms with Gasteiger partial charge in [-0.3, -0.25) is 4.79 Å². The molecule has 0 aromatic heterocycles. The second kappa shape index (κ2) is 5.30. The number of nitrogens with zero attached hydrogens (tertiary/aromatic N) is 1. The second-order valence-corrected chi connectivity index (χ2v) is 5.78. The third-order valence-electron chi connectivity index (χ3n) is 4.46. The second-order valence-electron chi connectivity index (χ2n) is 5.78. The SMILES string of the molecule is Cc1ccc(C(=O)N2CC3CCC2C3)cc1C#CCO. The van der Waals surface area contributed by atoms with Gasteiger partial charge in [0.05, 0.1) is 0 Å². The quantitative estimate of drug-likeness (QED) is 0.792. The average molecular weight is 269 g/mol. The normalized spacial score (nSPS) is 23.6. The molecule has 2 unspecified atom stereocenters. The number of hydrogen-bond acceptors (Lipinski definition) is 2. The molecule has 20 heavy (non-hydrogen) atoms. The maximum Gasteiger partial charge on any atom is 0.254 e. The van der Waals surface area contributed by atoms with Gasteiger partial charge in [0.1, 0.15) is 6.61 Å². The van der Waals surface area contributed by atoms with Crippen molar-refractivity contribution in [2.45, 2.75) is 32.2 Å². The van der Waals surface area contributed by atoms with Gasteiger partial charge >= 0.3 is 0 Å². The number of hydrogen-bond donors (Lipinski definition) is 1. The predicted octanol–water partition coefficient (Wildman–Crippen LogP) is 1.96. The number of rotatable bonds is 1. The summed E-state index contributed by atoms with van der Waals surface area (Å²) in [6, 6.07) is 6.11.